The Morgan fingerprint density at radius 1 is 1.56 bits per heavy atom. The molecule has 0 unspecified atom stereocenters. The number of aliphatic carboxylic acids is 1. The van der Waals surface area contributed by atoms with E-state index in [-0.39, 0.29) is 18.9 Å². The summed E-state index contributed by atoms with van der Waals surface area (Å²) in [5, 5.41) is 12.5. The third-order valence-corrected chi connectivity index (χ3v) is 2.20. The van der Waals surface area contributed by atoms with Gasteiger partial charge in [-0.15, -0.1) is 0 Å². The number of hydrogen-bond acceptors (Lipinski definition) is 3. The number of carbonyl (C=O) groups is 2. The van der Waals surface area contributed by atoms with Gasteiger partial charge in [0.25, 0.3) is 5.91 Å². The number of carboxylic acid groups (broad SMARTS) is 1. The highest BCUT2D eigenvalue weighted by Crippen LogP contribution is 2.02. The number of aromatic nitrogens is 2. The highest BCUT2D eigenvalue weighted by Gasteiger charge is 2.17. The van der Waals surface area contributed by atoms with Gasteiger partial charge in [0.1, 0.15) is 5.69 Å². The Balaban J connectivity index is 2.66. The number of aryl methyl sites for hydroxylation is 1. The van der Waals surface area contributed by atoms with Crippen LogP contribution in [0.4, 0.5) is 0 Å². The molecule has 1 aromatic rings. The zero-order valence-corrected chi connectivity index (χ0v) is 9.38. The number of rotatable bonds is 5. The van der Waals surface area contributed by atoms with Crippen molar-refractivity contribution in [3.63, 3.8) is 0 Å². The Hall–Kier alpha value is -1.85. The highest BCUT2D eigenvalue weighted by atomic mass is 16.4. The Morgan fingerprint density at radius 2 is 2.25 bits per heavy atom. The molecule has 0 aliphatic carbocycles. The molecule has 16 heavy (non-hydrogen) atoms. The minimum Gasteiger partial charge on any atom is -0.481 e. The number of nitrogens with zero attached hydrogens (tertiary/aromatic N) is 3. The summed E-state index contributed by atoms with van der Waals surface area (Å²) >= 11 is 0. The molecule has 0 aliphatic heterocycles. The molecule has 6 nitrogen and oxygen atoms in total. The fourth-order valence-electron chi connectivity index (χ4n) is 1.32. The van der Waals surface area contributed by atoms with Gasteiger partial charge in [0.2, 0.25) is 0 Å². The molecule has 1 N–H and O–H groups in total. The van der Waals surface area contributed by atoms with E-state index in [4.69, 9.17) is 5.11 Å². The first-order valence-electron chi connectivity index (χ1n) is 5.05. The van der Waals surface area contributed by atoms with Gasteiger partial charge in [-0.2, -0.15) is 5.10 Å². The molecule has 0 saturated carbocycles. The lowest BCUT2D eigenvalue weighted by molar-refractivity contribution is -0.137. The molecule has 6 heteroatoms. The van der Waals surface area contributed by atoms with Crippen LogP contribution in [0, 0.1) is 0 Å². The van der Waals surface area contributed by atoms with E-state index in [0.29, 0.717) is 12.2 Å². The molecule has 0 aliphatic rings. The summed E-state index contributed by atoms with van der Waals surface area (Å²) in [5.74, 6) is -1.14. The van der Waals surface area contributed by atoms with Crippen molar-refractivity contribution in [1.29, 1.82) is 0 Å². The maximum Gasteiger partial charge on any atom is 0.305 e. The fraction of sp³-hybridized carbons (Fsp3) is 0.500. The Kier molecular flexibility index (Phi) is 4.04. The Labute approximate surface area is 93.5 Å². The molecule has 0 aromatic carbocycles. The second kappa shape index (κ2) is 5.29. The predicted octanol–water partition coefficient (Wildman–Crippen LogP) is 0.357. The lowest BCUT2D eigenvalue weighted by atomic mass is 10.3. The second-order valence-corrected chi connectivity index (χ2v) is 3.40. The van der Waals surface area contributed by atoms with Crippen LogP contribution < -0.4 is 0 Å². The molecule has 1 aromatic heterocycles. The average Bonchev–Trinajstić information content (AvgIpc) is 2.65. The molecule has 0 radical (unpaired) electrons. The molecular weight excluding hydrogens is 210 g/mol. The van der Waals surface area contributed by atoms with Gasteiger partial charge in [0.05, 0.1) is 6.42 Å². The summed E-state index contributed by atoms with van der Waals surface area (Å²) < 4.78 is 1.54. The van der Waals surface area contributed by atoms with Crippen LogP contribution in [0.25, 0.3) is 0 Å². The van der Waals surface area contributed by atoms with Gasteiger partial charge in [-0.1, -0.05) is 0 Å². The number of amides is 1. The van der Waals surface area contributed by atoms with E-state index >= 15 is 0 Å². The van der Waals surface area contributed by atoms with Crippen LogP contribution in [-0.4, -0.2) is 44.8 Å². The first-order chi connectivity index (χ1) is 7.54. The molecule has 0 fully saturated rings. The molecule has 0 atom stereocenters. The van der Waals surface area contributed by atoms with E-state index < -0.39 is 5.97 Å². The van der Waals surface area contributed by atoms with E-state index in [1.165, 1.54) is 9.58 Å². The van der Waals surface area contributed by atoms with E-state index in [1.54, 1.807) is 19.3 Å². The van der Waals surface area contributed by atoms with E-state index in [0.717, 1.165) is 0 Å². The summed E-state index contributed by atoms with van der Waals surface area (Å²) in [6.07, 6.45) is 1.63. The second-order valence-electron chi connectivity index (χ2n) is 3.40. The summed E-state index contributed by atoms with van der Waals surface area (Å²) in [4.78, 5) is 23.8. The normalized spacial score (nSPS) is 10.1. The van der Waals surface area contributed by atoms with Crippen molar-refractivity contribution in [2.75, 3.05) is 13.1 Å². The van der Waals surface area contributed by atoms with Gasteiger partial charge in [-0.25, -0.2) is 0 Å². The van der Waals surface area contributed by atoms with Crippen molar-refractivity contribution >= 4 is 11.9 Å². The standard InChI is InChI=1S/C10H15N3O3/c1-3-13(7-5-9(14)15)10(16)8-4-6-12(2)11-8/h4,6H,3,5,7H2,1-2H3,(H,14,15). The summed E-state index contributed by atoms with van der Waals surface area (Å²) in [6.45, 7) is 2.49. The molecule has 0 bridgehead atoms. The van der Waals surface area contributed by atoms with Crippen LogP contribution in [0.5, 0.6) is 0 Å². The summed E-state index contributed by atoms with van der Waals surface area (Å²) in [7, 11) is 1.73. The first kappa shape index (κ1) is 12.2. The molecule has 1 amide bonds. The third kappa shape index (κ3) is 3.08. The van der Waals surface area contributed by atoms with Crippen LogP contribution in [0.2, 0.25) is 0 Å². The fourth-order valence-corrected chi connectivity index (χ4v) is 1.32. The van der Waals surface area contributed by atoms with Crippen molar-refractivity contribution in [3.8, 4) is 0 Å². The first-order valence-corrected chi connectivity index (χ1v) is 5.05. The van der Waals surface area contributed by atoms with Crippen molar-refractivity contribution in [2.45, 2.75) is 13.3 Å². The predicted molar refractivity (Wildman–Crippen MR) is 57.0 cm³/mol. The highest BCUT2D eigenvalue weighted by molar-refractivity contribution is 5.92. The zero-order chi connectivity index (χ0) is 12.1. The van der Waals surface area contributed by atoms with Crippen LogP contribution in [-0.2, 0) is 11.8 Å². The Bertz CT molecular complexity index is 386. The average molecular weight is 225 g/mol. The van der Waals surface area contributed by atoms with Crippen LogP contribution in [0.1, 0.15) is 23.8 Å². The lowest BCUT2D eigenvalue weighted by Gasteiger charge is -2.18. The lowest BCUT2D eigenvalue weighted by Crippen LogP contribution is -2.33. The van der Waals surface area contributed by atoms with E-state index in [2.05, 4.69) is 5.10 Å². The number of carbonyl (C=O) groups excluding carboxylic acids is 1. The van der Waals surface area contributed by atoms with Crippen molar-refractivity contribution < 1.29 is 14.7 Å². The van der Waals surface area contributed by atoms with Gasteiger partial charge < -0.3 is 10.0 Å². The molecule has 1 heterocycles. The minimum atomic E-state index is -0.910. The van der Waals surface area contributed by atoms with E-state index in [9.17, 15) is 9.59 Å². The van der Waals surface area contributed by atoms with Crippen molar-refractivity contribution in [3.05, 3.63) is 18.0 Å². The van der Waals surface area contributed by atoms with Crippen molar-refractivity contribution in [1.82, 2.24) is 14.7 Å². The smallest absolute Gasteiger partial charge is 0.305 e. The van der Waals surface area contributed by atoms with Gasteiger partial charge >= 0.3 is 5.97 Å². The maximum atomic E-state index is 11.9. The third-order valence-electron chi connectivity index (χ3n) is 2.20. The van der Waals surface area contributed by atoms with Crippen LogP contribution in [0.15, 0.2) is 12.3 Å². The SMILES string of the molecule is CCN(CCC(=O)O)C(=O)c1ccn(C)n1. The summed E-state index contributed by atoms with van der Waals surface area (Å²) in [5.41, 5.74) is 0.342. The minimum absolute atomic E-state index is 0.0492. The monoisotopic (exact) mass is 225 g/mol. The van der Waals surface area contributed by atoms with Gasteiger partial charge in [-0.05, 0) is 13.0 Å². The molecule has 1 rings (SSSR count). The van der Waals surface area contributed by atoms with Gasteiger partial charge in [0.15, 0.2) is 0 Å². The maximum absolute atomic E-state index is 11.9. The molecule has 88 valence electrons. The molecule has 0 spiro atoms. The van der Waals surface area contributed by atoms with Crippen LogP contribution >= 0.6 is 0 Å². The number of hydrogen-bond donors (Lipinski definition) is 1. The van der Waals surface area contributed by atoms with Gasteiger partial charge in [0, 0.05) is 26.3 Å². The topological polar surface area (TPSA) is 75.4 Å². The molecular formula is C10H15N3O3. The quantitative estimate of drug-likeness (QED) is 0.784. The summed E-state index contributed by atoms with van der Waals surface area (Å²) in [6, 6.07) is 1.62. The Morgan fingerprint density at radius 3 is 2.69 bits per heavy atom. The van der Waals surface area contributed by atoms with Crippen LogP contribution in [0.3, 0.4) is 0 Å². The molecule has 0 saturated heterocycles. The van der Waals surface area contributed by atoms with Gasteiger partial charge in [-0.3, -0.25) is 14.3 Å². The van der Waals surface area contributed by atoms with E-state index in [1.807, 2.05) is 6.92 Å². The number of carboxylic acids is 1. The van der Waals surface area contributed by atoms with Crippen molar-refractivity contribution in [2.24, 2.45) is 7.05 Å². The zero-order valence-electron chi connectivity index (χ0n) is 9.38. The largest absolute Gasteiger partial charge is 0.481 e.